The highest BCUT2D eigenvalue weighted by molar-refractivity contribution is 9.10. The molecule has 4 N–H and O–H groups in total. The third-order valence-electron chi connectivity index (χ3n) is 13.6. The van der Waals surface area contributed by atoms with Gasteiger partial charge in [0.25, 0.3) is 0 Å². The Hall–Kier alpha value is -4.41. The minimum Gasteiger partial charge on any atom is -0.399 e. The number of nitrogens with one attached hydrogen (secondary N) is 2. The number of pyridine rings is 2. The zero-order valence-electron chi connectivity index (χ0n) is 41.3. The number of amides is 2. The summed E-state index contributed by atoms with van der Waals surface area (Å²) in [5.74, 6) is 2.60. The van der Waals surface area contributed by atoms with Gasteiger partial charge in [-0.2, -0.15) is 0 Å². The summed E-state index contributed by atoms with van der Waals surface area (Å²) in [5, 5.41) is 26.1. The highest BCUT2D eigenvalue weighted by Gasteiger charge is 2.52. The molecule has 0 unspecified atom stereocenters. The van der Waals surface area contributed by atoms with E-state index in [2.05, 4.69) is 51.5 Å². The molecule has 3 aliphatic heterocycles. The predicted molar refractivity (Wildman–Crippen MR) is 277 cm³/mol. The summed E-state index contributed by atoms with van der Waals surface area (Å²) in [6.07, 6.45) is 14.8. The van der Waals surface area contributed by atoms with Crippen molar-refractivity contribution in [3.8, 4) is 11.3 Å². The molecule has 4 aromatic rings. The van der Waals surface area contributed by atoms with E-state index in [1.165, 1.54) is 0 Å². The van der Waals surface area contributed by atoms with Crippen LogP contribution in [0.5, 0.6) is 0 Å². The molecule has 4 aromatic heterocycles. The molecule has 1 saturated heterocycles. The number of hydrogen-bond donors (Lipinski definition) is 4. The lowest BCUT2D eigenvalue weighted by molar-refractivity contribution is -0.118. The van der Waals surface area contributed by atoms with Crippen LogP contribution in [-0.4, -0.2) is 122 Å². The molecular formula is C49H71BBrClN10O8. The van der Waals surface area contributed by atoms with E-state index < -0.39 is 18.3 Å². The first-order valence-corrected chi connectivity index (χ1v) is 24.2. The number of ether oxygens (including phenoxy) is 2. The van der Waals surface area contributed by atoms with Crippen LogP contribution < -0.4 is 25.9 Å². The number of methoxy groups -OCH3 is 2. The molecule has 2 amide bonds. The van der Waals surface area contributed by atoms with Crippen molar-refractivity contribution in [1.82, 2.24) is 29.9 Å². The van der Waals surface area contributed by atoms with Gasteiger partial charge in [-0.25, -0.2) is 19.9 Å². The van der Waals surface area contributed by atoms with Gasteiger partial charge >= 0.3 is 7.12 Å². The van der Waals surface area contributed by atoms with Crippen LogP contribution in [0.15, 0.2) is 53.7 Å². The second-order valence-electron chi connectivity index (χ2n) is 20.0. The van der Waals surface area contributed by atoms with Crippen LogP contribution in [0.2, 0.25) is 0 Å². The Labute approximate surface area is 427 Å². The van der Waals surface area contributed by atoms with Crippen molar-refractivity contribution in [2.45, 2.75) is 161 Å². The number of rotatable bonds is 8. The summed E-state index contributed by atoms with van der Waals surface area (Å²) in [5.41, 5.74) is 0.863. The first kappa shape index (κ1) is 56.5. The van der Waals surface area contributed by atoms with Crippen LogP contribution in [0.1, 0.15) is 126 Å². The molecule has 7 heterocycles. The monoisotopic (exact) mass is 1050 g/mol. The molecule has 0 radical (unpaired) electrons. The van der Waals surface area contributed by atoms with Crippen molar-refractivity contribution in [2.75, 3.05) is 47.7 Å². The fraction of sp³-hybridized carbons (Fsp3) is 0.592. The van der Waals surface area contributed by atoms with Crippen molar-refractivity contribution < 1.29 is 38.6 Å². The fourth-order valence-electron chi connectivity index (χ4n) is 8.81. The highest BCUT2D eigenvalue weighted by atomic mass is 79.9. The lowest BCUT2D eigenvalue weighted by Crippen LogP contribution is -2.49. The Morgan fingerprint density at radius 2 is 1.11 bits per heavy atom. The quantitative estimate of drug-likeness (QED) is 0.129. The van der Waals surface area contributed by atoms with Crippen LogP contribution in [0, 0.1) is 0 Å². The second kappa shape index (κ2) is 23.0. The summed E-state index contributed by atoms with van der Waals surface area (Å²) in [4.78, 5) is 55.3. The van der Waals surface area contributed by atoms with Gasteiger partial charge in [0, 0.05) is 49.7 Å². The average Bonchev–Trinajstić information content (AvgIpc) is 3.54. The normalized spacial score (nSPS) is 22.6. The van der Waals surface area contributed by atoms with Gasteiger partial charge in [0.05, 0.1) is 66.0 Å². The van der Waals surface area contributed by atoms with Crippen LogP contribution in [0.3, 0.4) is 0 Å². The van der Waals surface area contributed by atoms with E-state index in [4.69, 9.17) is 23.8 Å². The van der Waals surface area contributed by atoms with Gasteiger partial charge in [-0.3, -0.25) is 29.4 Å². The summed E-state index contributed by atoms with van der Waals surface area (Å²) in [6, 6.07) is 7.64. The Kier molecular flexibility index (Phi) is 18.6. The van der Waals surface area contributed by atoms with Crippen molar-refractivity contribution >= 4 is 76.0 Å². The average molecular weight is 1050 g/mol. The van der Waals surface area contributed by atoms with Crippen molar-refractivity contribution in [1.29, 1.82) is 0 Å². The number of anilines is 4. The predicted octanol–water partition coefficient (Wildman–Crippen LogP) is 7.10. The van der Waals surface area contributed by atoms with Crippen molar-refractivity contribution in [3.63, 3.8) is 0 Å². The number of aliphatic hydroxyl groups is 2. The molecule has 0 bridgehead atoms. The van der Waals surface area contributed by atoms with E-state index in [1.807, 2.05) is 49.6 Å². The number of fused-ring (bicyclic) bond motifs is 2. The van der Waals surface area contributed by atoms with E-state index >= 15 is 0 Å². The summed E-state index contributed by atoms with van der Waals surface area (Å²) < 4.78 is 23.4. The summed E-state index contributed by atoms with van der Waals surface area (Å²) in [6.45, 7) is 15.4. The Bertz CT molecular complexity index is 2380. The second-order valence-corrected chi connectivity index (χ2v) is 20.8. The molecule has 5 aliphatic rings. The molecule has 2 saturated carbocycles. The number of nitrogens with zero attached hydrogens (tertiary/aromatic N) is 8. The number of hydrogen-bond acceptors (Lipinski definition) is 16. The minimum atomic E-state index is -1.01. The topological polar surface area (TPSA) is 219 Å². The van der Waals surface area contributed by atoms with Crippen LogP contribution in [0.4, 0.5) is 23.3 Å². The molecular weight excluding hydrogens is 983 g/mol. The maximum absolute atomic E-state index is 12.7. The number of carbonyl (C=O) groups is 2. The molecule has 0 atom stereocenters. The molecule has 0 spiro atoms. The first-order valence-electron chi connectivity index (χ1n) is 23.4. The molecule has 382 valence electrons. The van der Waals surface area contributed by atoms with Gasteiger partial charge in [-0.1, -0.05) is 13.5 Å². The van der Waals surface area contributed by atoms with E-state index in [-0.39, 0.29) is 74.1 Å². The van der Waals surface area contributed by atoms with Gasteiger partial charge < -0.3 is 39.6 Å². The maximum atomic E-state index is 12.7. The largest absolute Gasteiger partial charge is 0.496 e. The van der Waals surface area contributed by atoms with E-state index in [0.29, 0.717) is 51.1 Å². The first-order chi connectivity index (χ1) is 32.1. The third kappa shape index (κ3) is 13.0. The van der Waals surface area contributed by atoms with Crippen molar-refractivity contribution in [2.24, 2.45) is 0 Å². The van der Waals surface area contributed by atoms with Crippen LogP contribution in [-0.2, 0) is 39.6 Å². The van der Waals surface area contributed by atoms with Gasteiger partial charge in [-0.05, 0) is 141 Å². The van der Waals surface area contributed by atoms with Gasteiger partial charge in [0.15, 0.2) is 23.3 Å². The minimum absolute atomic E-state index is 0. The number of halogens is 2. The van der Waals surface area contributed by atoms with Crippen molar-refractivity contribution in [3.05, 3.63) is 65.0 Å². The van der Waals surface area contributed by atoms with Gasteiger partial charge in [0.1, 0.15) is 15.8 Å². The van der Waals surface area contributed by atoms with Crippen LogP contribution >= 0.6 is 28.3 Å². The molecule has 18 nitrogen and oxygen atoms in total. The smallest absolute Gasteiger partial charge is 0.399 e. The van der Waals surface area contributed by atoms with E-state index in [1.54, 1.807) is 78.8 Å². The Balaban J connectivity index is 0.000000199. The summed E-state index contributed by atoms with van der Waals surface area (Å²) in [7, 11) is 3.08. The summed E-state index contributed by atoms with van der Waals surface area (Å²) >= 11 is 3.32. The zero-order valence-corrected chi connectivity index (χ0v) is 43.7. The molecule has 9 rings (SSSR count). The lowest BCUT2D eigenvalue weighted by Gasteiger charge is -2.38. The van der Waals surface area contributed by atoms with Gasteiger partial charge in [0.2, 0.25) is 11.8 Å². The SMILES string of the molecule is C.CC(C)(O)c1ccc(B2OC(C)(C)C(C)(C)O2)cn1.COC1CCC(N2C(=O)CNc3ncc(-c4ccc(C(C)(C)O)nc4)nc32)CC1.COC1CCC(N2C(=O)CNc3ncc(Br)nc32)CC1.Cl. The standard InChI is InChI=1S/C21H27N5O3.C14H22BNO3.C13H17BrN4O2.CH4.ClH/c1-21(2,28)17-9-4-13(10-22-17)16-11-23-19-20(25-16)26(18(27)12-24-19)14-5-7-15(29-3)8-6-14;1-12(2,17)11-8-7-10(9-16-11)15-18-13(3,4)14(5,6)19-15;1-20-9-4-2-8(3-5-9)18-11(19)7-16-12-13(18)17-10(14)6-15-12;;/h4,9-11,14-15,28H,5-8,12H2,1-3H3,(H,23,24);7-9,17H,1-6H3;6,8-9H,2-5,7H2,1H3,(H,15,16);1H4;1H. The lowest BCUT2D eigenvalue weighted by atomic mass is 9.80. The highest BCUT2D eigenvalue weighted by Crippen LogP contribution is 2.38. The molecule has 3 fully saturated rings. The van der Waals surface area contributed by atoms with Gasteiger partial charge in [-0.15, -0.1) is 12.4 Å². The van der Waals surface area contributed by atoms with Crippen LogP contribution in [0.25, 0.3) is 11.3 Å². The zero-order chi connectivity index (χ0) is 49.2. The van der Waals surface area contributed by atoms with E-state index in [0.717, 1.165) is 62.4 Å². The molecule has 0 aromatic carbocycles. The molecule has 70 heavy (non-hydrogen) atoms. The Morgan fingerprint density at radius 1 is 0.671 bits per heavy atom. The maximum Gasteiger partial charge on any atom is 0.496 e. The number of aromatic nitrogens is 6. The number of carbonyl (C=O) groups excluding carboxylic acids is 2. The third-order valence-corrected chi connectivity index (χ3v) is 14.0. The molecule has 21 heteroatoms. The molecule has 2 aliphatic carbocycles. The fourth-order valence-corrected chi connectivity index (χ4v) is 9.08. The van der Waals surface area contributed by atoms with E-state index in [9.17, 15) is 19.8 Å². The Morgan fingerprint density at radius 3 is 1.53 bits per heavy atom.